The summed E-state index contributed by atoms with van der Waals surface area (Å²) in [5.41, 5.74) is -1.41. The summed E-state index contributed by atoms with van der Waals surface area (Å²) in [6.45, 7) is 0. The van der Waals surface area contributed by atoms with Crippen molar-refractivity contribution in [1.29, 1.82) is 0 Å². The summed E-state index contributed by atoms with van der Waals surface area (Å²) in [5.74, 6) is -0.705. The maximum absolute atomic E-state index is 12.4. The van der Waals surface area contributed by atoms with E-state index in [1.807, 2.05) is 0 Å². The maximum Gasteiger partial charge on any atom is 0.416 e. The Morgan fingerprint density at radius 3 is 2.33 bits per heavy atom. The summed E-state index contributed by atoms with van der Waals surface area (Å²) in [6.07, 6.45) is -4.59. The molecule has 2 nitrogen and oxygen atoms in total. The molecule has 1 rings (SSSR count). The maximum atomic E-state index is 12.4. The zero-order valence-electron chi connectivity index (χ0n) is 7.21. The first-order valence-corrected chi connectivity index (χ1v) is 5.53. The van der Waals surface area contributed by atoms with E-state index in [1.54, 1.807) is 0 Å². The third kappa shape index (κ3) is 3.10. The highest BCUT2D eigenvalue weighted by Crippen LogP contribution is 2.35. The summed E-state index contributed by atoms with van der Waals surface area (Å²) in [4.78, 5) is 0. The molecule has 15 heavy (non-hydrogen) atoms. The van der Waals surface area contributed by atoms with Crippen LogP contribution in [0.2, 0.25) is 5.02 Å². The minimum atomic E-state index is -4.59. The Bertz CT molecular complexity index is 432. The number of hydrogen-bond acceptors (Lipinski definition) is 2. The van der Waals surface area contributed by atoms with E-state index in [2.05, 4.69) is 0 Å². The Kier molecular flexibility index (Phi) is 3.62. The molecule has 84 valence electrons. The Morgan fingerprint density at radius 2 is 1.87 bits per heavy atom. The van der Waals surface area contributed by atoms with Gasteiger partial charge in [-0.25, -0.2) is 8.42 Å². The summed E-state index contributed by atoms with van der Waals surface area (Å²) >= 11 is 5.51. The van der Waals surface area contributed by atoms with Crippen LogP contribution in [0.5, 0.6) is 0 Å². The van der Waals surface area contributed by atoms with Crippen LogP contribution >= 0.6 is 11.6 Å². The molecule has 0 bridgehead atoms. The summed E-state index contributed by atoms with van der Waals surface area (Å²) in [6, 6.07) is 3.16. The van der Waals surface area contributed by atoms with Crippen molar-refractivity contribution in [2.45, 2.75) is 11.9 Å². The average molecular weight is 259 g/mol. The number of halogens is 4. The van der Waals surface area contributed by atoms with Crippen LogP contribution in [0.3, 0.4) is 0 Å². The fourth-order valence-electron chi connectivity index (χ4n) is 1.11. The van der Waals surface area contributed by atoms with Gasteiger partial charge in [0.1, 0.15) is 10.7 Å². The molecule has 1 aromatic carbocycles. The van der Waals surface area contributed by atoms with Crippen LogP contribution in [0.25, 0.3) is 0 Å². The lowest BCUT2D eigenvalue weighted by molar-refractivity contribution is -0.138. The van der Waals surface area contributed by atoms with Crippen LogP contribution < -0.4 is 0 Å². The second-order valence-corrected chi connectivity index (χ2v) is 4.14. The summed E-state index contributed by atoms with van der Waals surface area (Å²) in [5, 5.41) is -0.191. The van der Waals surface area contributed by atoms with Crippen molar-refractivity contribution < 1.29 is 21.6 Å². The fourth-order valence-corrected chi connectivity index (χ4v) is 2.05. The third-order valence-electron chi connectivity index (χ3n) is 1.71. The molecule has 0 radical (unpaired) electrons. The topological polar surface area (TPSA) is 34.1 Å². The van der Waals surface area contributed by atoms with Gasteiger partial charge in [-0.3, -0.25) is 0 Å². The van der Waals surface area contributed by atoms with Gasteiger partial charge in [-0.1, -0.05) is 17.7 Å². The van der Waals surface area contributed by atoms with E-state index in [1.165, 1.54) is 6.07 Å². The molecule has 0 N–H and O–H groups in total. The standard InChI is InChI=1S/C8H6ClF3O2S/c9-7-3-1-2-6(8(10,11)12)5(7)4-15(13)14/h1-3,15H,4H2. The second kappa shape index (κ2) is 4.40. The molecule has 0 atom stereocenters. The van der Waals surface area contributed by atoms with Crippen molar-refractivity contribution >= 4 is 22.3 Å². The molecular formula is C8H6ClF3O2S. The van der Waals surface area contributed by atoms with Crippen LogP contribution in [0.15, 0.2) is 18.2 Å². The Labute approximate surface area is 90.6 Å². The van der Waals surface area contributed by atoms with Crippen molar-refractivity contribution in [3.05, 3.63) is 34.3 Å². The van der Waals surface area contributed by atoms with Crippen molar-refractivity contribution in [2.24, 2.45) is 0 Å². The van der Waals surface area contributed by atoms with Gasteiger partial charge < -0.3 is 0 Å². The van der Waals surface area contributed by atoms with Gasteiger partial charge in [0.2, 0.25) is 0 Å². The van der Waals surface area contributed by atoms with Crippen LogP contribution in [-0.2, 0) is 22.6 Å². The first-order valence-electron chi connectivity index (χ1n) is 3.78. The monoisotopic (exact) mass is 258 g/mol. The molecule has 0 fully saturated rings. The average Bonchev–Trinajstić information content (AvgIpc) is 2.05. The number of thiol groups is 1. The number of alkyl halides is 3. The predicted molar refractivity (Wildman–Crippen MR) is 50.5 cm³/mol. The molecule has 0 aliphatic heterocycles. The van der Waals surface area contributed by atoms with Gasteiger partial charge in [-0.05, 0) is 17.7 Å². The van der Waals surface area contributed by atoms with E-state index in [4.69, 9.17) is 11.6 Å². The summed E-state index contributed by atoms with van der Waals surface area (Å²) < 4.78 is 58.1. The van der Waals surface area contributed by atoms with Crippen LogP contribution in [0, 0.1) is 0 Å². The van der Waals surface area contributed by atoms with E-state index in [0.29, 0.717) is 0 Å². The van der Waals surface area contributed by atoms with Gasteiger partial charge in [-0.2, -0.15) is 13.2 Å². The molecule has 0 aliphatic carbocycles. The SMILES string of the molecule is O=[SH](=O)Cc1c(Cl)cccc1C(F)(F)F. The third-order valence-corrected chi connectivity index (χ3v) is 2.64. The van der Waals surface area contributed by atoms with E-state index in [0.717, 1.165) is 12.1 Å². The fraction of sp³-hybridized carbons (Fsp3) is 0.250. The van der Waals surface area contributed by atoms with Gasteiger partial charge in [0.05, 0.1) is 11.3 Å². The molecule has 0 aliphatic rings. The van der Waals surface area contributed by atoms with Crippen molar-refractivity contribution in [1.82, 2.24) is 0 Å². The van der Waals surface area contributed by atoms with Crippen molar-refractivity contribution in [3.8, 4) is 0 Å². The molecule has 0 amide bonds. The molecule has 0 heterocycles. The first kappa shape index (κ1) is 12.3. The highest BCUT2D eigenvalue weighted by Gasteiger charge is 2.34. The smallest absolute Gasteiger partial charge is 0.232 e. The zero-order chi connectivity index (χ0) is 11.6. The number of rotatable bonds is 2. The molecule has 7 heteroatoms. The van der Waals surface area contributed by atoms with Crippen LogP contribution in [0.1, 0.15) is 11.1 Å². The van der Waals surface area contributed by atoms with Crippen LogP contribution in [-0.4, -0.2) is 8.42 Å². The van der Waals surface area contributed by atoms with Gasteiger partial charge in [0.25, 0.3) is 0 Å². The van der Waals surface area contributed by atoms with Crippen molar-refractivity contribution in [2.75, 3.05) is 0 Å². The van der Waals surface area contributed by atoms with Crippen LogP contribution in [0.4, 0.5) is 13.2 Å². The molecule has 0 aromatic heterocycles. The lowest BCUT2D eigenvalue weighted by Crippen LogP contribution is -2.09. The Morgan fingerprint density at radius 1 is 1.27 bits per heavy atom. The van der Waals surface area contributed by atoms with Gasteiger partial charge in [0.15, 0.2) is 0 Å². The highest BCUT2D eigenvalue weighted by atomic mass is 35.5. The molecular weight excluding hydrogens is 253 g/mol. The Hall–Kier alpha value is -0.750. The molecule has 0 spiro atoms. The lowest BCUT2D eigenvalue weighted by atomic mass is 10.1. The normalized spacial score (nSPS) is 12.1. The van der Waals surface area contributed by atoms with Crippen molar-refractivity contribution in [3.63, 3.8) is 0 Å². The zero-order valence-corrected chi connectivity index (χ0v) is 8.87. The molecule has 0 unspecified atom stereocenters. The van der Waals surface area contributed by atoms with E-state index in [9.17, 15) is 21.6 Å². The van der Waals surface area contributed by atoms with E-state index in [-0.39, 0.29) is 5.02 Å². The molecule has 1 aromatic rings. The van der Waals surface area contributed by atoms with E-state index < -0.39 is 33.8 Å². The minimum Gasteiger partial charge on any atom is -0.232 e. The first-order chi connectivity index (χ1) is 6.82. The largest absolute Gasteiger partial charge is 0.416 e. The van der Waals surface area contributed by atoms with Gasteiger partial charge >= 0.3 is 6.18 Å². The number of hydrogen-bond donors (Lipinski definition) is 1. The van der Waals surface area contributed by atoms with Gasteiger partial charge in [0, 0.05) is 5.02 Å². The predicted octanol–water partition coefficient (Wildman–Crippen LogP) is 2.47. The summed E-state index contributed by atoms with van der Waals surface area (Å²) in [7, 11) is -2.94. The quantitative estimate of drug-likeness (QED) is 0.827. The Balaban J connectivity index is 3.32. The second-order valence-electron chi connectivity index (χ2n) is 2.75. The van der Waals surface area contributed by atoms with E-state index >= 15 is 0 Å². The minimum absolute atomic E-state index is 0.191. The molecule has 0 saturated heterocycles. The molecule has 0 saturated carbocycles. The number of benzene rings is 1. The lowest BCUT2D eigenvalue weighted by Gasteiger charge is -2.11. The highest BCUT2D eigenvalue weighted by molar-refractivity contribution is 7.71. The van der Waals surface area contributed by atoms with Gasteiger partial charge in [-0.15, -0.1) is 0 Å².